The number of aryl methyl sites for hydroxylation is 2. The second kappa shape index (κ2) is 21.5. The number of carbonyl (C=O) groups is 2. The lowest BCUT2D eigenvalue weighted by atomic mass is 9.98. The Kier molecular flexibility index (Phi) is 14.7. The molecule has 81 heavy (non-hydrogen) atoms. The van der Waals surface area contributed by atoms with Gasteiger partial charge in [0.15, 0.2) is 11.6 Å². The monoisotopic (exact) mass is 1230 g/mol. The minimum Gasteiger partial charge on any atom is -0.337 e. The smallest absolute Gasteiger partial charge is 0.194 e. The van der Waals surface area contributed by atoms with Gasteiger partial charge in [0.1, 0.15) is 46.5 Å². The van der Waals surface area contributed by atoms with Crippen molar-refractivity contribution in [1.29, 1.82) is 21.0 Å². The summed E-state index contributed by atoms with van der Waals surface area (Å²) in [4.78, 5) is 30.5. The summed E-state index contributed by atoms with van der Waals surface area (Å²) in [6.45, 7) is 14.7. The Morgan fingerprint density at radius 3 is 1.26 bits per heavy atom. The molecule has 0 saturated heterocycles. The Labute approximate surface area is 506 Å². The number of fused-ring (bicyclic) bond motifs is 16. The fourth-order valence-corrected chi connectivity index (χ4v) is 19.0. The number of rotatable bonds is 14. The van der Waals surface area contributed by atoms with Crippen molar-refractivity contribution in [1.82, 2.24) is 17.9 Å². The van der Waals surface area contributed by atoms with Crippen LogP contribution in [0.1, 0.15) is 132 Å². The van der Waals surface area contributed by atoms with Gasteiger partial charge in [-0.15, -0.1) is 45.3 Å². The molecule has 10 aromatic rings. The number of benzene rings is 3. The van der Waals surface area contributed by atoms with Crippen molar-refractivity contribution in [2.45, 2.75) is 106 Å². The lowest BCUT2D eigenvalue weighted by molar-refractivity contribution is 0.103. The van der Waals surface area contributed by atoms with Crippen molar-refractivity contribution in [3.8, 4) is 24.3 Å². The molecule has 3 aromatic carbocycles. The summed E-state index contributed by atoms with van der Waals surface area (Å²) in [7, 11) is 0. The first-order valence-corrected chi connectivity index (χ1v) is 32.3. The molecular weight excluding hydrogens is 1190 g/mol. The summed E-state index contributed by atoms with van der Waals surface area (Å²) >= 11 is 33.9. The topological polar surface area (TPSA) is 165 Å². The Morgan fingerprint density at radius 2 is 0.914 bits per heavy atom. The number of hydrogen-bond donors (Lipinski definition) is 0. The highest BCUT2D eigenvalue weighted by Crippen LogP contribution is 2.56. The Morgan fingerprint density at radius 1 is 0.543 bits per heavy atom. The fraction of sp³-hybridized carbons (Fsp3) is 0.290. The predicted octanol–water partition coefficient (Wildman–Crippen LogP) is 20.3. The lowest BCUT2D eigenvalue weighted by Gasteiger charge is -2.20. The maximum atomic E-state index is 14.4. The molecule has 0 N–H and O–H groups in total. The van der Waals surface area contributed by atoms with Crippen LogP contribution in [-0.4, -0.2) is 29.4 Å². The second-order valence-corrected chi connectivity index (χ2v) is 27.2. The number of nitriles is 4. The van der Waals surface area contributed by atoms with Crippen molar-refractivity contribution < 1.29 is 9.59 Å². The van der Waals surface area contributed by atoms with Gasteiger partial charge in [-0.2, -0.15) is 29.8 Å². The summed E-state index contributed by atoms with van der Waals surface area (Å²) < 4.78 is 22.2. The summed E-state index contributed by atoms with van der Waals surface area (Å²) in [5, 5.41) is 43.9. The van der Waals surface area contributed by atoms with E-state index in [2.05, 4.69) is 50.7 Å². The number of Topliss-reactive ketones (excluding diaryl/α,β-unsaturated/α-hetero) is 2. The number of thiophene rings is 4. The summed E-state index contributed by atoms with van der Waals surface area (Å²) in [5.41, 5.74) is 10.3. The van der Waals surface area contributed by atoms with Gasteiger partial charge < -0.3 is 9.13 Å². The number of halogens is 4. The van der Waals surface area contributed by atoms with Crippen LogP contribution in [-0.2, 0) is 13.1 Å². The molecule has 0 saturated carbocycles. The molecule has 2 aliphatic carbocycles. The number of nitrogens with zero attached hydrogens (tertiary/aromatic N) is 8. The van der Waals surface area contributed by atoms with Gasteiger partial charge in [0.2, 0.25) is 0 Å². The van der Waals surface area contributed by atoms with E-state index >= 15 is 0 Å². The molecule has 0 radical (unpaired) electrons. The first-order chi connectivity index (χ1) is 39.2. The van der Waals surface area contributed by atoms with Crippen LogP contribution in [0.5, 0.6) is 0 Å². The van der Waals surface area contributed by atoms with Gasteiger partial charge in [0.25, 0.3) is 0 Å². The first-order valence-electron chi connectivity index (χ1n) is 26.8. The molecule has 7 aromatic heterocycles. The van der Waals surface area contributed by atoms with Gasteiger partial charge in [-0.05, 0) is 97.2 Å². The molecule has 0 spiro atoms. The Hall–Kier alpha value is -6.18. The molecule has 2 atom stereocenters. The third-order valence-electron chi connectivity index (χ3n) is 16.4. The average molecular weight is 1240 g/mol. The Balaban J connectivity index is 1.16. The number of unbranched alkanes of at least 4 members (excludes halogenated alkanes) is 2. The number of ketones is 2. The highest BCUT2D eigenvalue weighted by Gasteiger charge is 2.37. The van der Waals surface area contributed by atoms with E-state index in [0.29, 0.717) is 34.1 Å². The summed E-state index contributed by atoms with van der Waals surface area (Å²) in [5.74, 6) is 0.0558. The summed E-state index contributed by atoms with van der Waals surface area (Å²) in [6.07, 6.45) is 12.1. The van der Waals surface area contributed by atoms with Gasteiger partial charge in [-0.3, -0.25) is 9.59 Å². The number of carbonyl (C=O) groups excluding carboxylic acids is 2. The molecule has 10 nitrogen and oxygen atoms in total. The van der Waals surface area contributed by atoms with Crippen LogP contribution >= 0.6 is 103 Å². The maximum Gasteiger partial charge on any atom is 0.194 e. The van der Waals surface area contributed by atoms with Gasteiger partial charge in [-0.1, -0.05) is 113 Å². The van der Waals surface area contributed by atoms with E-state index in [1.807, 2.05) is 36.4 Å². The first kappa shape index (κ1) is 55.4. The number of aromatic nitrogens is 4. The van der Waals surface area contributed by atoms with E-state index in [9.17, 15) is 30.6 Å². The van der Waals surface area contributed by atoms with E-state index in [-0.39, 0.29) is 65.1 Å². The van der Waals surface area contributed by atoms with E-state index in [1.54, 1.807) is 57.5 Å². The van der Waals surface area contributed by atoms with Crippen molar-refractivity contribution in [2.75, 3.05) is 0 Å². The van der Waals surface area contributed by atoms with Crippen molar-refractivity contribution in [3.63, 3.8) is 0 Å². The van der Waals surface area contributed by atoms with Gasteiger partial charge in [0, 0.05) is 67.0 Å². The van der Waals surface area contributed by atoms with Crippen LogP contribution in [0.2, 0.25) is 20.1 Å². The van der Waals surface area contributed by atoms with Crippen molar-refractivity contribution in [2.24, 2.45) is 11.8 Å². The van der Waals surface area contributed by atoms with Crippen LogP contribution in [0.4, 0.5) is 0 Å². The molecule has 0 amide bonds. The number of allylic oxidation sites excluding steroid dienone is 6. The quantitative estimate of drug-likeness (QED) is 0.0766. The maximum absolute atomic E-state index is 14.4. The molecule has 7 heterocycles. The lowest BCUT2D eigenvalue weighted by Crippen LogP contribution is -2.13. The largest absolute Gasteiger partial charge is 0.337 e. The van der Waals surface area contributed by atoms with Gasteiger partial charge in [0.05, 0.1) is 82.1 Å². The van der Waals surface area contributed by atoms with Gasteiger partial charge in [-0.25, -0.2) is 0 Å². The molecule has 19 heteroatoms. The molecule has 0 aliphatic heterocycles. The van der Waals surface area contributed by atoms with Crippen molar-refractivity contribution >= 4 is 210 Å². The highest BCUT2D eigenvalue weighted by atomic mass is 35.5. The molecule has 2 unspecified atom stereocenters. The van der Waals surface area contributed by atoms with Crippen LogP contribution in [0.25, 0.3) is 95.4 Å². The molecule has 12 rings (SSSR count). The SMILES string of the molecule is CCCCC(CC)Cn1c2c3sc(/C=C4\C(=O)c5cc(Cl)c(Cl)cc5C4=C(C#N)C#N)c(C)c3sc2c2c3nsnc3c3c4sc5c(C)c(/C=C6\C(=O)c7cc(Cl)c(Cl)cc7C6=C(C#N)C#N)sc5c4n(CC(CC)CCCC)c3c21. The third-order valence-corrected chi connectivity index (χ3v) is 23.7. The zero-order valence-corrected chi connectivity index (χ0v) is 51.7. The van der Waals surface area contributed by atoms with Crippen LogP contribution in [0.3, 0.4) is 0 Å². The minimum absolute atomic E-state index is 0.179. The zero-order chi connectivity index (χ0) is 57.0. The minimum atomic E-state index is -0.328. The zero-order valence-electron chi connectivity index (χ0n) is 44.6. The molecule has 0 fully saturated rings. The highest BCUT2D eigenvalue weighted by molar-refractivity contribution is 7.34. The standard InChI is InChI=1S/C62H46Cl4N8O2S5/c1-7-11-13-29(9-3)25-73-51-47(59-53(73)61-57(79-59)27(5)43(77-61)19-37-45(31(21-67)22-68)33-15-39(63)41(65)17-35(33)55(37)75)49-50(72-81-71-49)48-52(51)74(26-30(10-4)14-12-8-2)54-60(48)80-58-28(6)44(78-62(54)58)20-38-46(32(23-69)24-70)34-16-40(64)42(66)18-36(34)56(38)76/h15-20,29-30H,7-14,25-26H2,1-6H3/b37-19-,38-20-. The van der Waals surface area contributed by atoms with E-state index in [4.69, 9.17) is 55.2 Å². The average Bonchev–Trinajstić information content (AvgIpc) is 1.88. The normalized spacial score (nSPS) is 15.2. The van der Waals surface area contributed by atoms with E-state index < -0.39 is 0 Å². The summed E-state index contributed by atoms with van der Waals surface area (Å²) in [6, 6.07) is 14.3. The van der Waals surface area contributed by atoms with Crippen LogP contribution < -0.4 is 0 Å². The fourth-order valence-electron chi connectivity index (χ4n) is 12.1. The molecular formula is C62H46Cl4N8O2S5. The van der Waals surface area contributed by atoms with E-state index in [1.165, 1.54) is 23.9 Å². The molecule has 404 valence electrons. The van der Waals surface area contributed by atoms with Gasteiger partial charge >= 0.3 is 0 Å². The number of hydrogen-bond acceptors (Lipinski definition) is 13. The van der Waals surface area contributed by atoms with Crippen molar-refractivity contribution in [3.05, 3.63) is 110 Å². The van der Waals surface area contributed by atoms with Crippen LogP contribution in [0.15, 0.2) is 46.6 Å². The second-order valence-electron chi connectivity index (χ2n) is 20.9. The van der Waals surface area contributed by atoms with Crippen LogP contribution in [0, 0.1) is 71.0 Å². The Bertz CT molecular complexity index is 4460. The molecule has 2 aliphatic rings. The third kappa shape index (κ3) is 8.49. The predicted molar refractivity (Wildman–Crippen MR) is 340 cm³/mol. The molecule has 0 bridgehead atoms. The van der Waals surface area contributed by atoms with E-state index in [0.717, 1.165) is 157 Å².